The molecule has 0 saturated carbocycles. The quantitative estimate of drug-likeness (QED) is 0.774. The number of benzene rings is 1. The highest BCUT2D eigenvalue weighted by Gasteiger charge is 2.18. The van der Waals surface area contributed by atoms with E-state index < -0.39 is 5.97 Å². The van der Waals surface area contributed by atoms with E-state index in [1.165, 1.54) is 0 Å². The minimum atomic E-state index is -1.01. The van der Waals surface area contributed by atoms with Crippen LogP contribution >= 0.6 is 0 Å². The van der Waals surface area contributed by atoms with Crippen molar-refractivity contribution in [2.75, 3.05) is 0 Å². The van der Waals surface area contributed by atoms with Crippen molar-refractivity contribution < 1.29 is 9.90 Å². The number of carboxylic acids is 1. The zero-order chi connectivity index (χ0) is 14.3. The maximum atomic E-state index is 11.3. The van der Waals surface area contributed by atoms with Crippen LogP contribution in [0.4, 0.5) is 0 Å². The summed E-state index contributed by atoms with van der Waals surface area (Å²) in [5.41, 5.74) is 3.84. The molecule has 0 radical (unpaired) electrons. The summed E-state index contributed by atoms with van der Waals surface area (Å²) in [6.45, 7) is 4.01. The fourth-order valence-electron chi connectivity index (χ4n) is 2.36. The van der Waals surface area contributed by atoms with Crippen molar-refractivity contribution in [1.29, 1.82) is 0 Å². The Morgan fingerprint density at radius 2 is 2.00 bits per heavy atom. The van der Waals surface area contributed by atoms with Crippen LogP contribution in [-0.4, -0.2) is 20.5 Å². The first kappa shape index (κ1) is 12.4. The number of nitrogens with zero attached hydrogens (tertiary/aromatic N) is 2. The number of fused-ring (bicyclic) bond motifs is 1. The molecule has 3 rings (SSSR count). The maximum Gasteiger partial charge on any atom is 0.356 e. The molecule has 4 heteroatoms. The van der Waals surface area contributed by atoms with E-state index in [0.717, 1.165) is 16.7 Å². The molecule has 0 aliphatic heterocycles. The Balaban J connectivity index is 2.37. The number of imidazole rings is 1. The first-order valence-corrected chi connectivity index (χ1v) is 6.36. The van der Waals surface area contributed by atoms with Gasteiger partial charge in [-0.2, -0.15) is 0 Å². The topological polar surface area (TPSA) is 54.6 Å². The van der Waals surface area contributed by atoms with Crippen LogP contribution in [0.25, 0.3) is 16.9 Å². The summed E-state index contributed by atoms with van der Waals surface area (Å²) in [4.78, 5) is 15.7. The monoisotopic (exact) mass is 266 g/mol. The average Bonchev–Trinajstić information content (AvgIpc) is 2.81. The number of pyridine rings is 1. The second-order valence-electron chi connectivity index (χ2n) is 4.86. The van der Waals surface area contributed by atoms with E-state index in [2.05, 4.69) is 4.98 Å². The zero-order valence-corrected chi connectivity index (χ0v) is 11.3. The van der Waals surface area contributed by atoms with E-state index in [1.54, 1.807) is 6.07 Å². The summed E-state index contributed by atoms with van der Waals surface area (Å²) in [5, 5.41) is 9.29. The van der Waals surface area contributed by atoms with E-state index in [0.29, 0.717) is 11.3 Å². The number of aromatic nitrogens is 2. The molecule has 0 spiro atoms. The Labute approximate surface area is 116 Å². The van der Waals surface area contributed by atoms with Gasteiger partial charge in [0.25, 0.3) is 0 Å². The van der Waals surface area contributed by atoms with Crippen LogP contribution in [0.5, 0.6) is 0 Å². The van der Waals surface area contributed by atoms with Crippen LogP contribution in [0.2, 0.25) is 0 Å². The smallest absolute Gasteiger partial charge is 0.356 e. The summed E-state index contributed by atoms with van der Waals surface area (Å²) >= 11 is 0. The lowest BCUT2D eigenvalue weighted by atomic mass is 10.1. The van der Waals surface area contributed by atoms with Gasteiger partial charge in [0.1, 0.15) is 5.82 Å². The van der Waals surface area contributed by atoms with Crippen molar-refractivity contribution in [3.05, 3.63) is 59.4 Å². The van der Waals surface area contributed by atoms with Crippen molar-refractivity contribution in [3.63, 3.8) is 0 Å². The van der Waals surface area contributed by atoms with E-state index in [1.807, 2.05) is 54.8 Å². The standard InChI is InChI=1S/C16H14N2O2/c1-10-6-7-11(2)12(9-10)15-17-14(16(19)20)13-5-3-4-8-18(13)15/h3-9H,1-2H3,(H,19,20). The van der Waals surface area contributed by atoms with E-state index in [-0.39, 0.29) is 5.69 Å². The van der Waals surface area contributed by atoms with E-state index in [9.17, 15) is 9.90 Å². The van der Waals surface area contributed by atoms with Gasteiger partial charge in [-0.3, -0.25) is 4.40 Å². The molecule has 20 heavy (non-hydrogen) atoms. The summed E-state index contributed by atoms with van der Waals surface area (Å²) < 4.78 is 1.82. The van der Waals surface area contributed by atoms with Crippen molar-refractivity contribution in [2.24, 2.45) is 0 Å². The fraction of sp³-hybridized carbons (Fsp3) is 0.125. The molecule has 2 aromatic heterocycles. The molecule has 0 aliphatic rings. The third-order valence-electron chi connectivity index (χ3n) is 3.38. The van der Waals surface area contributed by atoms with Gasteiger partial charge in [-0.1, -0.05) is 23.8 Å². The predicted octanol–water partition coefficient (Wildman–Crippen LogP) is 3.32. The van der Waals surface area contributed by atoms with Crippen LogP contribution in [0.1, 0.15) is 21.6 Å². The molecule has 0 fully saturated rings. The van der Waals surface area contributed by atoms with Gasteiger partial charge >= 0.3 is 5.97 Å². The Hall–Kier alpha value is -2.62. The van der Waals surface area contributed by atoms with Gasteiger partial charge in [-0.05, 0) is 37.6 Å². The van der Waals surface area contributed by atoms with Crippen molar-refractivity contribution in [1.82, 2.24) is 9.38 Å². The first-order chi connectivity index (χ1) is 9.58. The number of aromatic carboxylic acids is 1. The molecule has 0 saturated heterocycles. The minimum Gasteiger partial charge on any atom is -0.476 e. The molecule has 0 amide bonds. The van der Waals surface area contributed by atoms with E-state index in [4.69, 9.17) is 0 Å². The van der Waals surface area contributed by atoms with Crippen LogP contribution < -0.4 is 0 Å². The van der Waals surface area contributed by atoms with Gasteiger partial charge in [-0.15, -0.1) is 0 Å². The highest BCUT2D eigenvalue weighted by molar-refractivity contribution is 5.95. The molecule has 4 nitrogen and oxygen atoms in total. The predicted molar refractivity (Wildman–Crippen MR) is 77.1 cm³/mol. The van der Waals surface area contributed by atoms with Crippen molar-refractivity contribution in [2.45, 2.75) is 13.8 Å². The number of carboxylic acid groups (broad SMARTS) is 1. The van der Waals surface area contributed by atoms with Gasteiger partial charge in [-0.25, -0.2) is 9.78 Å². The van der Waals surface area contributed by atoms with Crippen LogP contribution in [0.3, 0.4) is 0 Å². The van der Waals surface area contributed by atoms with Gasteiger partial charge in [0, 0.05) is 11.8 Å². The number of hydrogen-bond donors (Lipinski definition) is 1. The Kier molecular flexibility index (Phi) is 2.79. The largest absolute Gasteiger partial charge is 0.476 e. The SMILES string of the molecule is Cc1ccc(C)c(-c2nc(C(=O)O)c3ccccn23)c1. The summed E-state index contributed by atoms with van der Waals surface area (Å²) in [6.07, 6.45) is 1.84. The summed E-state index contributed by atoms with van der Waals surface area (Å²) in [6, 6.07) is 11.5. The second kappa shape index (κ2) is 4.49. The number of hydrogen-bond acceptors (Lipinski definition) is 2. The third kappa shape index (κ3) is 1.86. The van der Waals surface area contributed by atoms with Crippen molar-refractivity contribution in [3.8, 4) is 11.4 Å². The molecular weight excluding hydrogens is 252 g/mol. The molecule has 2 heterocycles. The number of carbonyl (C=O) groups is 1. The van der Waals surface area contributed by atoms with Crippen LogP contribution in [0.15, 0.2) is 42.6 Å². The Morgan fingerprint density at radius 3 is 2.75 bits per heavy atom. The first-order valence-electron chi connectivity index (χ1n) is 6.36. The maximum absolute atomic E-state index is 11.3. The lowest BCUT2D eigenvalue weighted by molar-refractivity contribution is 0.0693. The highest BCUT2D eigenvalue weighted by atomic mass is 16.4. The lowest BCUT2D eigenvalue weighted by Gasteiger charge is -2.06. The number of rotatable bonds is 2. The molecule has 0 unspecified atom stereocenters. The molecule has 3 aromatic rings. The lowest BCUT2D eigenvalue weighted by Crippen LogP contribution is -1.97. The molecular formula is C16H14N2O2. The average molecular weight is 266 g/mol. The fourth-order valence-corrected chi connectivity index (χ4v) is 2.36. The van der Waals surface area contributed by atoms with Gasteiger partial charge in [0.15, 0.2) is 5.69 Å². The summed E-state index contributed by atoms with van der Waals surface area (Å²) in [5.74, 6) is -0.343. The van der Waals surface area contributed by atoms with Gasteiger partial charge < -0.3 is 5.11 Å². The third-order valence-corrected chi connectivity index (χ3v) is 3.38. The van der Waals surface area contributed by atoms with Gasteiger partial charge in [0.2, 0.25) is 0 Å². The summed E-state index contributed by atoms with van der Waals surface area (Å²) in [7, 11) is 0. The molecule has 1 N–H and O–H groups in total. The highest BCUT2D eigenvalue weighted by Crippen LogP contribution is 2.26. The van der Waals surface area contributed by atoms with Crippen LogP contribution in [-0.2, 0) is 0 Å². The Bertz CT molecular complexity index is 818. The molecule has 0 atom stereocenters. The van der Waals surface area contributed by atoms with Crippen LogP contribution in [0, 0.1) is 13.8 Å². The second-order valence-corrected chi connectivity index (χ2v) is 4.86. The Morgan fingerprint density at radius 1 is 1.20 bits per heavy atom. The molecule has 0 bridgehead atoms. The number of aryl methyl sites for hydroxylation is 2. The van der Waals surface area contributed by atoms with Crippen molar-refractivity contribution >= 4 is 11.5 Å². The molecule has 100 valence electrons. The normalized spacial score (nSPS) is 10.9. The van der Waals surface area contributed by atoms with E-state index >= 15 is 0 Å². The molecule has 1 aromatic carbocycles. The molecule has 0 aliphatic carbocycles. The van der Waals surface area contributed by atoms with Gasteiger partial charge in [0.05, 0.1) is 5.52 Å². The zero-order valence-electron chi connectivity index (χ0n) is 11.3. The minimum absolute atomic E-state index is 0.0847.